The number of hydrogen-bond donors (Lipinski definition) is 2. The van der Waals surface area contributed by atoms with Crippen molar-refractivity contribution in [1.82, 2.24) is 15.3 Å². The van der Waals surface area contributed by atoms with Crippen molar-refractivity contribution in [3.8, 4) is 6.01 Å². The molecule has 116 valence electrons. The van der Waals surface area contributed by atoms with Crippen LogP contribution in [0.1, 0.15) is 11.1 Å². The first-order valence-corrected chi connectivity index (χ1v) is 7.30. The lowest BCUT2D eigenvalue weighted by atomic mass is 9.99. The highest BCUT2D eigenvalue weighted by molar-refractivity contribution is 6.32. The molecular formula is C17H14ClN3O2. The van der Waals surface area contributed by atoms with E-state index in [2.05, 4.69) is 21.9 Å². The van der Waals surface area contributed by atoms with Gasteiger partial charge in [-0.1, -0.05) is 42.4 Å². The Morgan fingerprint density at radius 2 is 2.09 bits per heavy atom. The summed E-state index contributed by atoms with van der Waals surface area (Å²) in [5.41, 5.74) is 4.00. The Morgan fingerprint density at radius 3 is 2.83 bits per heavy atom. The summed E-state index contributed by atoms with van der Waals surface area (Å²) in [6.07, 6.45) is -0.579. The van der Waals surface area contributed by atoms with Crippen molar-refractivity contribution in [2.24, 2.45) is 0 Å². The van der Waals surface area contributed by atoms with Crippen LogP contribution in [-0.4, -0.2) is 23.1 Å². The van der Waals surface area contributed by atoms with Gasteiger partial charge in [0, 0.05) is 17.6 Å². The smallest absolute Gasteiger partial charge is 0.375 e. The van der Waals surface area contributed by atoms with Crippen LogP contribution < -0.4 is 10.1 Å². The van der Waals surface area contributed by atoms with Gasteiger partial charge in [0.1, 0.15) is 0 Å². The summed E-state index contributed by atoms with van der Waals surface area (Å²) in [6, 6.07) is 13.3. The number of carbonyl (C=O) groups excluding carboxylic acids is 1. The second-order valence-corrected chi connectivity index (χ2v) is 5.28. The highest BCUT2D eigenvalue weighted by Gasteiger charge is 2.11. The number of ether oxygens (including phenoxy) is 1. The van der Waals surface area contributed by atoms with E-state index in [1.165, 1.54) is 7.05 Å². The molecule has 2 N–H and O–H groups in total. The maximum absolute atomic E-state index is 11.2. The molecular weight excluding hydrogens is 314 g/mol. The fourth-order valence-electron chi connectivity index (χ4n) is 2.22. The zero-order valence-electron chi connectivity index (χ0n) is 12.4. The first-order valence-electron chi connectivity index (χ1n) is 6.92. The summed E-state index contributed by atoms with van der Waals surface area (Å²) in [6.45, 7) is 4.11. The molecule has 0 saturated carbocycles. The van der Waals surface area contributed by atoms with Crippen LogP contribution >= 0.6 is 11.6 Å². The topological polar surface area (TPSA) is 67.0 Å². The molecule has 0 unspecified atom stereocenters. The number of nitrogens with one attached hydrogen (secondary N) is 2. The highest BCUT2D eigenvalue weighted by atomic mass is 35.5. The molecule has 1 aromatic heterocycles. The molecule has 1 amide bonds. The van der Waals surface area contributed by atoms with Gasteiger partial charge in [0.05, 0.1) is 11.0 Å². The lowest BCUT2D eigenvalue weighted by molar-refractivity contribution is 0.199. The third kappa shape index (κ3) is 3.05. The first kappa shape index (κ1) is 15.1. The van der Waals surface area contributed by atoms with Crippen LogP contribution in [0.15, 0.2) is 49.0 Å². The number of nitrogens with zero attached hydrogens (tertiary/aromatic N) is 1. The zero-order chi connectivity index (χ0) is 16.4. The Labute approximate surface area is 137 Å². The number of H-pyrrole nitrogens is 1. The number of fused-ring (bicyclic) bond motifs is 1. The molecule has 1 heterocycles. The molecule has 0 radical (unpaired) electrons. The summed E-state index contributed by atoms with van der Waals surface area (Å²) < 4.78 is 4.99. The summed E-state index contributed by atoms with van der Waals surface area (Å²) in [7, 11) is 1.48. The number of halogens is 1. The van der Waals surface area contributed by atoms with Gasteiger partial charge in [-0.2, -0.15) is 4.98 Å². The van der Waals surface area contributed by atoms with E-state index < -0.39 is 6.09 Å². The Bertz CT molecular complexity index is 902. The van der Waals surface area contributed by atoms with Crippen molar-refractivity contribution >= 4 is 34.3 Å². The molecule has 0 bridgehead atoms. The zero-order valence-corrected chi connectivity index (χ0v) is 13.1. The Kier molecular flexibility index (Phi) is 4.04. The number of aromatic amines is 1. The number of benzene rings is 2. The average Bonchev–Trinajstić information content (AvgIpc) is 2.95. The molecule has 0 aliphatic rings. The number of amides is 1. The average molecular weight is 328 g/mol. The third-order valence-corrected chi connectivity index (χ3v) is 3.73. The predicted octanol–water partition coefficient (Wildman–Crippen LogP) is 4.00. The molecule has 6 heteroatoms. The van der Waals surface area contributed by atoms with Gasteiger partial charge in [-0.05, 0) is 29.3 Å². The minimum absolute atomic E-state index is 0.139. The second-order valence-electron chi connectivity index (χ2n) is 4.87. The number of hydrogen-bond acceptors (Lipinski definition) is 3. The standard InChI is InChI=1S/C17H14ClN3O2/c1-10(12-5-3-4-6-13(12)18)11-7-8-14-15(9-11)21-16(20-14)23-17(22)19-2/h3-9H,1H2,2H3,(H,19,22)(H,20,21). The van der Waals surface area contributed by atoms with Gasteiger partial charge >= 0.3 is 12.1 Å². The third-order valence-electron chi connectivity index (χ3n) is 3.40. The fourth-order valence-corrected chi connectivity index (χ4v) is 2.47. The summed E-state index contributed by atoms with van der Waals surface area (Å²) >= 11 is 6.22. The molecule has 0 atom stereocenters. The van der Waals surface area contributed by atoms with Crippen molar-refractivity contribution in [3.05, 3.63) is 65.2 Å². The van der Waals surface area contributed by atoms with E-state index in [0.29, 0.717) is 10.5 Å². The maximum Gasteiger partial charge on any atom is 0.414 e. The maximum atomic E-state index is 11.2. The largest absolute Gasteiger partial charge is 0.414 e. The van der Waals surface area contributed by atoms with Crippen LogP contribution in [0.25, 0.3) is 16.6 Å². The summed E-state index contributed by atoms with van der Waals surface area (Å²) in [5, 5.41) is 3.01. The minimum atomic E-state index is -0.579. The van der Waals surface area contributed by atoms with Gasteiger partial charge < -0.3 is 15.0 Å². The SMILES string of the molecule is C=C(c1ccc2[nH]c(OC(=O)NC)nc2c1)c1ccccc1Cl. The molecule has 0 fully saturated rings. The summed E-state index contributed by atoms with van der Waals surface area (Å²) in [5.74, 6) is 0. The van der Waals surface area contributed by atoms with Crippen molar-refractivity contribution in [3.63, 3.8) is 0 Å². The lowest BCUT2D eigenvalue weighted by Gasteiger charge is -2.08. The van der Waals surface area contributed by atoms with E-state index in [9.17, 15) is 4.79 Å². The molecule has 0 aliphatic carbocycles. The number of rotatable bonds is 3. The van der Waals surface area contributed by atoms with Gasteiger partial charge in [0.25, 0.3) is 0 Å². The molecule has 0 aliphatic heterocycles. The molecule has 3 aromatic rings. The van der Waals surface area contributed by atoms with Gasteiger partial charge in [-0.3, -0.25) is 0 Å². The monoisotopic (exact) mass is 327 g/mol. The van der Waals surface area contributed by atoms with Crippen molar-refractivity contribution < 1.29 is 9.53 Å². The van der Waals surface area contributed by atoms with Gasteiger partial charge in [0.15, 0.2) is 0 Å². The van der Waals surface area contributed by atoms with E-state index in [4.69, 9.17) is 16.3 Å². The number of imidazole rings is 1. The van der Waals surface area contributed by atoms with E-state index in [1.807, 2.05) is 42.5 Å². The van der Waals surface area contributed by atoms with Crippen LogP contribution in [-0.2, 0) is 0 Å². The van der Waals surface area contributed by atoms with Gasteiger partial charge in [-0.25, -0.2) is 4.79 Å². The van der Waals surface area contributed by atoms with E-state index in [1.54, 1.807) is 0 Å². The Balaban J connectivity index is 1.95. The van der Waals surface area contributed by atoms with Crippen LogP contribution in [0.4, 0.5) is 4.79 Å². The number of carbonyl (C=O) groups is 1. The van der Waals surface area contributed by atoms with Gasteiger partial charge in [0.2, 0.25) is 0 Å². The molecule has 2 aromatic carbocycles. The van der Waals surface area contributed by atoms with Crippen LogP contribution in [0.3, 0.4) is 0 Å². The van der Waals surface area contributed by atoms with Crippen LogP contribution in [0.2, 0.25) is 5.02 Å². The van der Waals surface area contributed by atoms with Crippen LogP contribution in [0, 0.1) is 0 Å². The quantitative estimate of drug-likeness (QED) is 0.764. The fraction of sp³-hybridized carbons (Fsp3) is 0.0588. The Hall–Kier alpha value is -2.79. The molecule has 5 nitrogen and oxygen atoms in total. The van der Waals surface area contributed by atoms with Crippen molar-refractivity contribution in [2.75, 3.05) is 7.05 Å². The van der Waals surface area contributed by atoms with Gasteiger partial charge in [-0.15, -0.1) is 0 Å². The van der Waals surface area contributed by atoms with Crippen molar-refractivity contribution in [1.29, 1.82) is 0 Å². The normalized spacial score (nSPS) is 10.5. The molecule has 3 rings (SSSR count). The summed E-state index contributed by atoms with van der Waals surface area (Å²) in [4.78, 5) is 18.4. The predicted molar refractivity (Wildman–Crippen MR) is 90.8 cm³/mol. The second kappa shape index (κ2) is 6.14. The van der Waals surface area contributed by atoms with Crippen molar-refractivity contribution in [2.45, 2.75) is 0 Å². The van der Waals surface area contributed by atoms with E-state index in [-0.39, 0.29) is 6.01 Å². The van der Waals surface area contributed by atoms with E-state index >= 15 is 0 Å². The first-order chi connectivity index (χ1) is 11.1. The lowest BCUT2D eigenvalue weighted by Crippen LogP contribution is -2.22. The molecule has 0 saturated heterocycles. The van der Waals surface area contributed by atoms with E-state index in [0.717, 1.165) is 22.2 Å². The number of aromatic nitrogens is 2. The minimum Gasteiger partial charge on any atom is -0.375 e. The molecule has 0 spiro atoms. The van der Waals surface area contributed by atoms with Crippen LogP contribution in [0.5, 0.6) is 6.01 Å². The highest BCUT2D eigenvalue weighted by Crippen LogP contribution is 2.29. The Morgan fingerprint density at radius 1 is 1.30 bits per heavy atom. The molecule has 23 heavy (non-hydrogen) atoms.